The van der Waals surface area contributed by atoms with Gasteiger partial charge in [-0.1, -0.05) is 28.9 Å². The molecule has 0 fully saturated rings. The van der Waals surface area contributed by atoms with Crippen molar-refractivity contribution in [2.24, 2.45) is 0 Å². The van der Waals surface area contributed by atoms with E-state index < -0.39 is 0 Å². The minimum absolute atomic E-state index is 0.183. The number of nitrogens with one attached hydrogen (secondary N) is 1. The number of hydrogen-bond donors (Lipinski definition) is 1. The lowest BCUT2D eigenvalue weighted by atomic mass is 9.99. The summed E-state index contributed by atoms with van der Waals surface area (Å²) in [6, 6.07) is 8.65. The Morgan fingerprint density at radius 2 is 2.15 bits per heavy atom. The fourth-order valence-electron chi connectivity index (χ4n) is 2.23. The molecule has 1 aromatic heterocycles. The summed E-state index contributed by atoms with van der Waals surface area (Å²) in [4.78, 5) is 1.33. The van der Waals surface area contributed by atoms with Gasteiger partial charge in [-0.05, 0) is 49.0 Å². The van der Waals surface area contributed by atoms with Crippen molar-refractivity contribution in [1.82, 2.24) is 5.32 Å². The van der Waals surface area contributed by atoms with E-state index in [1.54, 1.807) is 18.4 Å². The second kappa shape index (κ2) is 7.25. The van der Waals surface area contributed by atoms with Crippen molar-refractivity contribution < 1.29 is 4.74 Å². The Hall–Kier alpha value is -0.840. The zero-order chi connectivity index (χ0) is 14.5. The van der Waals surface area contributed by atoms with E-state index in [4.69, 9.17) is 4.74 Å². The molecule has 0 spiro atoms. The maximum atomic E-state index is 5.55. The summed E-state index contributed by atoms with van der Waals surface area (Å²) >= 11 is 5.29. The van der Waals surface area contributed by atoms with E-state index in [1.165, 1.54) is 16.0 Å². The average molecular weight is 354 g/mol. The molecule has 0 bridgehead atoms. The smallest absolute Gasteiger partial charge is 0.125 e. The van der Waals surface area contributed by atoms with E-state index in [2.05, 4.69) is 58.7 Å². The van der Waals surface area contributed by atoms with Crippen LogP contribution in [-0.2, 0) is 0 Å². The Kier molecular flexibility index (Phi) is 5.64. The summed E-state index contributed by atoms with van der Waals surface area (Å²) in [5.74, 6) is 0.914. The molecular weight excluding hydrogens is 334 g/mol. The maximum absolute atomic E-state index is 5.55. The highest BCUT2D eigenvalue weighted by Gasteiger charge is 2.18. The van der Waals surface area contributed by atoms with Crippen LogP contribution >= 0.6 is 27.3 Å². The predicted octanol–water partition coefficient (Wildman–Crippen LogP) is 4.92. The van der Waals surface area contributed by atoms with Crippen molar-refractivity contribution in [3.63, 3.8) is 0 Å². The van der Waals surface area contributed by atoms with Gasteiger partial charge in [-0.3, -0.25) is 0 Å². The van der Waals surface area contributed by atoms with E-state index >= 15 is 0 Å². The first kappa shape index (κ1) is 15.5. The lowest BCUT2D eigenvalue weighted by molar-refractivity contribution is 0.403. The first-order valence-corrected chi connectivity index (χ1v) is 8.44. The molecule has 0 amide bonds. The van der Waals surface area contributed by atoms with E-state index in [1.807, 2.05) is 6.07 Å². The summed E-state index contributed by atoms with van der Waals surface area (Å²) in [6.07, 6.45) is 1.11. The maximum Gasteiger partial charge on any atom is 0.125 e. The number of hydrogen-bond acceptors (Lipinski definition) is 3. The van der Waals surface area contributed by atoms with Gasteiger partial charge in [0.25, 0.3) is 0 Å². The molecule has 20 heavy (non-hydrogen) atoms. The number of benzene rings is 1. The molecule has 2 nitrogen and oxygen atoms in total. The monoisotopic (exact) mass is 353 g/mol. The largest absolute Gasteiger partial charge is 0.496 e. The van der Waals surface area contributed by atoms with Gasteiger partial charge in [0, 0.05) is 14.9 Å². The van der Waals surface area contributed by atoms with Gasteiger partial charge in [0.05, 0.1) is 13.2 Å². The number of rotatable bonds is 6. The second-order valence-corrected chi connectivity index (χ2v) is 6.80. The number of aryl methyl sites for hydroxylation is 1. The normalized spacial score (nSPS) is 12.4. The molecule has 0 radical (unpaired) electrons. The first-order chi connectivity index (χ1) is 9.65. The number of halogens is 1. The third-order valence-electron chi connectivity index (χ3n) is 3.19. The standard InChI is InChI=1S/C16H20BrNOS/c1-4-7-18-16(12-8-11(2)20-10-12)14-6-5-13(17)9-15(14)19-3/h5-6,8-10,16,18H,4,7H2,1-3H3. The van der Waals surface area contributed by atoms with E-state index in [0.29, 0.717) is 0 Å². The molecule has 2 aromatic rings. The highest BCUT2D eigenvalue weighted by molar-refractivity contribution is 9.10. The van der Waals surface area contributed by atoms with Crippen molar-refractivity contribution >= 4 is 27.3 Å². The fourth-order valence-corrected chi connectivity index (χ4v) is 3.30. The molecule has 0 saturated carbocycles. The highest BCUT2D eigenvalue weighted by Crippen LogP contribution is 2.34. The Morgan fingerprint density at radius 1 is 1.35 bits per heavy atom. The third-order valence-corrected chi connectivity index (χ3v) is 4.56. The third kappa shape index (κ3) is 3.62. The molecule has 1 aromatic carbocycles. The molecule has 0 aliphatic carbocycles. The Labute approximate surface area is 133 Å². The van der Waals surface area contributed by atoms with Gasteiger partial charge in [0.15, 0.2) is 0 Å². The van der Waals surface area contributed by atoms with E-state index in [-0.39, 0.29) is 6.04 Å². The number of thiophene rings is 1. The highest BCUT2D eigenvalue weighted by atomic mass is 79.9. The molecule has 0 aliphatic heterocycles. The molecule has 0 aliphatic rings. The van der Waals surface area contributed by atoms with Crippen LogP contribution in [0, 0.1) is 6.92 Å². The van der Waals surface area contributed by atoms with Crippen molar-refractivity contribution in [3.05, 3.63) is 50.1 Å². The van der Waals surface area contributed by atoms with E-state index in [0.717, 1.165) is 23.2 Å². The van der Waals surface area contributed by atoms with Crippen molar-refractivity contribution in [2.45, 2.75) is 26.3 Å². The first-order valence-electron chi connectivity index (χ1n) is 6.77. The van der Waals surface area contributed by atoms with Crippen LogP contribution in [-0.4, -0.2) is 13.7 Å². The Morgan fingerprint density at radius 3 is 2.75 bits per heavy atom. The summed E-state index contributed by atoms with van der Waals surface area (Å²) in [6.45, 7) is 5.31. The molecule has 1 atom stereocenters. The van der Waals surface area contributed by atoms with Crippen LogP contribution in [0.5, 0.6) is 5.75 Å². The van der Waals surface area contributed by atoms with Gasteiger partial charge in [0.1, 0.15) is 5.75 Å². The van der Waals surface area contributed by atoms with Gasteiger partial charge in [-0.15, -0.1) is 11.3 Å². The van der Waals surface area contributed by atoms with Crippen LogP contribution in [0.15, 0.2) is 34.1 Å². The van der Waals surface area contributed by atoms with Gasteiger partial charge in [0.2, 0.25) is 0 Å². The second-order valence-electron chi connectivity index (χ2n) is 4.76. The topological polar surface area (TPSA) is 21.3 Å². The quantitative estimate of drug-likeness (QED) is 0.795. The summed E-state index contributed by atoms with van der Waals surface area (Å²) < 4.78 is 6.58. The minimum atomic E-state index is 0.183. The Bertz CT molecular complexity index is 567. The molecule has 0 saturated heterocycles. The molecule has 1 heterocycles. The molecule has 108 valence electrons. The minimum Gasteiger partial charge on any atom is -0.496 e. The zero-order valence-corrected chi connectivity index (χ0v) is 14.5. The van der Waals surface area contributed by atoms with Gasteiger partial charge >= 0.3 is 0 Å². The van der Waals surface area contributed by atoms with Crippen molar-refractivity contribution in [1.29, 1.82) is 0 Å². The molecular formula is C16H20BrNOS. The molecule has 1 N–H and O–H groups in total. The van der Waals surface area contributed by atoms with Crippen LogP contribution in [0.2, 0.25) is 0 Å². The predicted molar refractivity (Wildman–Crippen MR) is 89.9 cm³/mol. The number of methoxy groups -OCH3 is 1. The zero-order valence-electron chi connectivity index (χ0n) is 12.1. The van der Waals surface area contributed by atoms with Crippen LogP contribution in [0.3, 0.4) is 0 Å². The van der Waals surface area contributed by atoms with Crippen LogP contribution in [0.1, 0.15) is 35.4 Å². The van der Waals surface area contributed by atoms with Gasteiger partial charge in [-0.2, -0.15) is 0 Å². The van der Waals surface area contributed by atoms with E-state index in [9.17, 15) is 0 Å². The fraction of sp³-hybridized carbons (Fsp3) is 0.375. The summed E-state index contributed by atoms with van der Waals surface area (Å²) in [5.41, 5.74) is 2.49. The average Bonchev–Trinajstić information content (AvgIpc) is 2.87. The van der Waals surface area contributed by atoms with Crippen LogP contribution < -0.4 is 10.1 Å². The summed E-state index contributed by atoms with van der Waals surface area (Å²) in [7, 11) is 1.72. The number of ether oxygens (including phenoxy) is 1. The molecule has 2 rings (SSSR count). The van der Waals surface area contributed by atoms with Gasteiger partial charge in [-0.25, -0.2) is 0 Å². The van der Waals surface area contributed by atoms with Gasteiger partial charge < -0.3 is 10.1 Å². The molecule has 4 heteroatoms. The Balaban J connectivity index is 2.40. The van der Waals surface area contributed by atoms with Crippen LogP contribution in [0.4, 0.5) is 0 Å². The van der Waals surface area contributed by atoms with Crippen molar-refractivity contribution in [2.75, 3.05) is 13.7 Å². The van der Waals surface area contributed by atoms with Crippen LogP contribution in [0.25, 0.3) is 0 Å². The SMILES string of the molecule is CCCNC(c1csc(C)c1)c1ccc(Br)cc1OC. The summed E-state index contributed by atoms with van der Waals surface area (Å²) in [5, 5.41) is 5.85. The lowest BCUT2D eigenvalue weighted by Crippen LogP contribution is -2.23. The molecule has 1 unspecified atom stereocenters. The van der Waals surface area contributed by atoms with Crippen molar-refractivity contribution in [3.8, 4) is 5.75 Å². The lowest BCUT2D eigenvalue weighted by Gasteiger charge is -2.21.